The van der Waals surface area contributed by atoms with Crippen LogP contribution in [0.1, 0.15) is 10.4 Å². The standard InChI is InChI=1S/C11H9NO5/c1-17-8-4-2-3-7-9(8)6(10(13)14)5-12(7)11(15)16/h2-5H,1H3,(H,13,14)(H,15,16). The van der Waals surface area contributed by atoms with Gasteiger partial charge in [0.2, 0.25) is 0 Å². The van der Waals surface area contributed by atoms with Gasteiger partial charge in [0.1, 0.15) is 5.75 Å². The second kappa shape index (κ2) is 3.82. The number of fused-ring (bicyclic) bond motifs is 1. The van der Waals surface area contributed by atoms with E-state index in [9.17, 15) is 9.59 Å². The minimum Gasteiger partial charge on any atom is -0.496 e. The maximum Gasteiger partial charge on any atom is 0.416 e. The van der Waals surface area contributed by atoms with Crippen molar-refractivity contribution in [1.29, 1.82) is 0 Å². The molecule has 1 aromatic heterocycles. The Kier molecular flexibility index (Phi) is 2.47. The highest BCUT2D eigenvalue weighted by Gasteiger charge is 2.20. The number of hydrogen-bond acceptors (Lipinski definition) is 3. The van der Waals surface area contributed by atoms with Gasteiger partial charge in [-0.05, 0) is 12.1 Å². The van der Waals surface area contributed by atoms with E-state index in [0.717, 1.165) is 10.8 Å². The van der Waals surface area contributed by atoms with E-state index in [1.54, 1.807) is 12.1 Å². The first kappa shape index (κ1) is 11.0. The van der Waals surface area contributed by atoms with E-state index < -0.39 is 12.1 Å². The number of methoxy groups -OCH3 is 1. The highest BCUT2D eigenvalue weighted by Crippen LogP contribution is 2.30. The number of ether oxygens (including phenoxy) is 1. The molecule has 0 aliphatic carbocycles. The fraction of sp³-hybridized carbons (Fsp3) is 0.0909. The zero-order valence-corrected chi connectivity index (χ0v) is 8.88. The number of nitrogens with zero attached hydrogens (tertiary/aromatic N) is 1. The van der Waals surface area contributed by atoms with Gasteiger partial charge in [-0.1, -0.05) is 6.07 Å². The molecule has 17 heavy (non-hydrogen) atoms. The average molecular weight is 235 g/mol. The third-order valence-electron chi connectivity index (χ3n) is 2.45. The fourth-order valence-corrected chi connectivity index (χ4v) is 1.74. The van der Waals surface area contributed by atoms with E-state index in [0.29, 0.717) is 5.75 Å². The van der Waals surface area contributed by atoms with E-state index in [2.05, 4.69) is 0 Å². The molecule has 0 spiro atoms. The minimum absolute atomic E-state index is 0.0974. The first-order valence-electron chi connectivity index (χ1n) is 4.71. The Bertz CT molecular complexity index is 614. The lowest BCUT2D eigenvalue weighted by Crippen LogP contribution is -2.05. The van der Waals surface area contributed by atoms with Crippen molar-refractivity contribution in [2.24, 2.45) is 0 Å². The molecule has 2 rings (SSSR count). The summed E-state index contributed by atoms with van der Waals surface area (Å²) in [7, 11) is 1.40. The van der Waals surface area contributed by atoms with Crippen LogP contribution in [-0.2, 0) is 0 Å². The molecule has 0 radical (unpaired) electrons. The summed E-state index contributed by atoms with van der Waals surface area (Å²) >= 11 is 0. The topological polar surface area (TPSA) is 88.8 Å². The zero-order valence-electron chi connectivity index (χ0n) is 8.88. The largest absolute Gasteiger partial charge is 0.496 e. The Balaban J connectivity index is 2.90. The van der Waals surface area contributed by atoms with Crippen molar-refractivity contribution in [2.45, 2.75) is 0 Å². The molecule has 1 aromatic carbocycles. The number of hydrogen-bond donors (Lipinski definition) is 2. The van der Waals surface area contributed by atoms with Crippen LogP contribution < -0.4 is 4.74 Å². The third-order valence-corrected chi connectivity index (χ3v) is 2.45. The van der Waals surface area contributed by atoms with E-state index in [1.807, 2.05) is 0 Å². The Morgan fingerprint density at radius 2 is 2.00 bits per heavy atom. The lowest BCUT2D eigenvalue weighted by Gasteiger charge is -2.03. The predicted molar refractivity (Wildman–Crippen MR) is 58.9 cm³/mol. The van der Waals surface area contributed by atoms with Crippen LogP contribution in [0.2, 0.25) is 0 Å². The molecule has 6 nitrogen and oxygen atoms in total. The Hall–Kier alpha value is -2.50. The molecule has 0 atom stereocenters. The summed E-state index contributed by atoms with van der Waals surface area (Å²) in [5.74, 6) is -0.862. The summed E-state index contributed by atoms with van der Waals surface area (Å²) in [6, 6.07) is 4.71. The van der Waals surface area contributed by atoms with Crippen molar-refractivity contribution < 1.29 is 24.5 Å². The molecule has 88 valence electrons. The smallest absolute Gasteiger partial charge is 0.416 e. The van der Waals surface area contributed by atoms with Crippen molar-refractivity contribution >= 4 is 23.0 Å². The molecule has 0 saturated carbocycles. The van der Waals surface area contributed by atoms with Crippen LogP contribution in [0.4, 0.5) is 4.79 Å². The molecule has 0 aliphatic heterocycles. The molecule has 0 bridgehead atoms. The summed E-state index contributed by atoms with van der Waals surface area (Å²) in [5.41, 5.74) is 0.189. The number of aromatic carboxylic acids is 1. The van der Waals surface area contributed by atoms with Crippen LogP contribution in [0.5, 0.6) is 5.75 Å². The lowest BCUT2D eigenvalue weighted by molar-refractivity contribution is 0.0699. The molecular weight excluding hydrogens is 226 g/mol. The zero-order chi connectivity index (χ0) is 12.6. The highest BCUT2D eigenvalue weighted by molar-refractivity contribution is 6.08. The first-order valence-corrected chi connectivity index (χ1v) is 4.71. The number of benzene rings is 1. The number of rotatable bonds is 2. The number of carboxylic acids is 1. The van der Waals surface area contributed by atoms with Crippen LogP contribution in [0.25, 0.3) is 10.9 Å². The quantitative estimate of drug-likeness (QED) is 0.829. The molecule has 0 aliphatic rings. The summed E-state index contributed by atoms with van der Waals surface area (Å²) in [5, 5.41) is 18.3. The van der Waals surface area contributed by atoms with E-state index >= 15 is 0 Å². The number of carboxylic acid groups (broad SMARTS) is 2. The molecule has 0 unspecified atom stereocenters. The van der Waals surface area contributed by atoms with Gasteiger partial charge in [0.25, 0.3) is 0 Å². The van der Waals surface area contributed by atoms with Crippen LogP contribution >= 0.6 is 0 Å². The summed E-state index contributed by atoms with van der Waals surface area (Å²) in [6.07, 6.45) is -0.173. The maximum atomic E-state index is 11.1. The molecular formula is C11H9NO5. The average Bonchev–Trinajstić information content (AvgIpc) is 2.68. The summed E-state index contributed by atoms with van der Waals surface area (Å²) < 4.78 is 5.90. The van der Waals surface area contributed by atoms with Gasteiger partial charge in [0.15, 0.2) is 0 Å². The Morgan fingerprint density at radius 3 is 2.53 bits per heavy atom. The molecule has 2 N–H and O–H groups in total. The SMILES string of the molecule is COc1cccc2c1c(C(=O)O)cn2C(=O)O. The second-order valence-corrected chi connectivity index (χ2v) is 3.35. The minimum atomic E-state index is -1.24. The van der Waals surface area contributed by atoms with Gasteiger partial charge in [-0.25, -0.2) is 9.59 Å². The van der Waals surface area contributed by atoms with E-state index in [1.165, 1.54) is 13.2 Å². The molecule has 0 saturated heterocycles. The van der Waals surface area contributed by atoms with Crippen molar-refractivity contribution in [3.05, 3.63) is 30.0 Å². The molecule has 6 heteroatoms. The van der Waals surface area contributed by atoms with Gasteiger partial charge in [-0.15, -0.1) is 0 Å². The first-order chi connectivity index (χ1) is 8.06. The molecule has 1 heterocycles. The van der Waals surface area contributed by atoms with E-state index in [-0.39, 0.29) is 16.5 Å². The highest BCUT2D eigenvalue weighted by atomic mass is 16.5. The normalized spacial score (nSPS) is 10.4. The summed E-state index contributed by atoms with van der Waals surface area (Å²) in [4.78, 5) is 22.0. The number of carbonyl (C=O) groups is 2. The van der Waals surface area contributed by atoms with Crippen molar-refractivity contribution in [3.63, 3.8) is 0 Å². The molecule has 0 fully saturated rings. The van der Waals surface area contributed by atoms with E-state index in [4.69, 9.17) is 14.9 Å². The van der Waals surface area contributed by atoms with Crippen LogP contribution in [0, 0.1) is 0 Å². The van der Waals surface area contributed by atoms with Gasteiger partial charge in [-0.3, -0.25) is 4.57 Å². The number of aromatic nitrogens is 1. The lowest BCUT2D eigenvalue weighted by atomic mass is 10.1. The van der Waals surface area contributed by atoms with Gasteiger partial charge < -0.3 is 14.9 Å². The van der Waals surface area contributed by atoms with Crippen LogP contribution in [-0.4, -0.2) is 34.0 Å². The van der Waals surface area contributed by atoms with Crippen molar-refractivity contribution in [2.75, 3.05) is 7.11 Å². The van der Waals surface area contributed by atoms with Gasteiger partial charge >= 0.3 is 12.1 Å². The maximum absolute atomic E-state index is 11.1. The van der Waals surface area contributed by atoms with Crippen LogP contribution in [0.15, 0.2) is 24.4 Å². The third kappa shape index (κ3) is 1.59. The van der Waals surface area contributed by atoms with Gasteiger partial charge in [-0.2, -0.15) is 0 Å². The van der Waals surface area contributed by atoms with Crippen molar-refractivity contribution in [3.8, 4) is 5.75 Å². The van der Waals surface area contributed by atoms with Gasteiger partial charge in [0.05, 0.1) is 23.6 Å². The fourth-order valence-electron chi connectivity index (χ4n) is 1.74. The predicted octanol–water partition coefficient (Wildman–Crippen LogP) is 1.87. The molecule has 2 aromatic rings. The van der Waals surface area contributed by atoms with Gasteiger partial charge in [0, 0.05) is 6.20 Å². The second-order valence-electron chi connectivity index (χ2n) is 3.35. The monoisotopic (exact) mass is 235 g/mol. The van der Waals surface area contributed by atoms with Crippen molar-refractivity contribution in [1.82, 2.24) is 4.57 Å². The molecule has 0 amide bonds. The Labute approximate surface area is 95.7 Å². The van der Waals surface area contributed by atoms with Crippen LogP contribution in [0.3, 0.4) is 0 Å². The summed E-state index contributed by atoms with van der Waals surface area (Å²) in [6.45, 7) is 0. The Morgan fingerprint density at radius 1 is 1.29 bits per heavy atom.